The fraction of sp³-hybridized carbons (Fsp3) is 0.222. The Balaban J connectivity index is 1.95. The quantitative estimate of drug-likeness (QED) is 0.437. The van der Waals surface area contributed by atoms with Crippen molar-refractivity contribution in [3.63, 3.8) is 0 Å². The lowest BCUT2D eigenvalue weighted by Crippen LogP contribution is -2.21. The summed E-state index contributed by atoms with van der Waals surface area (Å²) in [6.45, 7) is 6.24. The van der Waals surface area contributed by atoms with Gasteiger partial charge in [-0.2, -0.15) is 5.10 Å². The summed E-state index contributed by atoms with van der Waals surface area (Å²) in [4.78, 5) is 14.2. The van der Waals surface area contributed by atoms with Gasteiger partial charge in [-0.05, 0) is 78.4 Å². The van der Waals surface area contributed by atoms with Crippen LogP contribution in [0.3, 0.4) is 0 Å². The summed E-state index contributed by atoms with van der Waals surface area (Å²) < 4.78 is 1.09. The summed E-state index contributed by atoms with van der Waals surface area (Å²) in [7, 11) is 0. The van der Waals surface area contributed by atoms with Crippen LogP contribution < -0.4 is 10.3 Å². The standard InChI is InChI=1S/C18H20IN3O/c1-3-22(4-2)17-11-5-14(6-12-17)13-20-21-18(23)15-7-9-16(19)10-8-15/h5-13H,3-4H2,1-2H3,(H,21,23)/b20-13-. The van der Waals surface area contributed by atoms with Crippen molar-refractivity contribution in [3.05, 3.63) is 63.2 Å². The molecule has 0 bridgehead atoms. The third-order valence-electron chi connectivity index (χ3n) is 3.51. The molecule has 0 atom stereocenters. The van der Waals surface area contributed by atoms with E-state index in [1.807, 2.05) is 24.3 Å². The molecule has 0 saturated heterocycles. The first-order valence-corrected chi connectivity index (χ1v) is 8.66. The van der Waals surface area contributed by atoms with Crippen molar-refractivity contribution in [3.8, 4) is 0 Å². The van der Waals surface area contributed by atoms with E-state index in [1.54, 1.807) is 18.3 Å². The van der Waals surface area contributed by atoms with Gasteiger partial charge in [0.2, 0.25) is 0 Å². The van der Waals surface area contributed by atoms with Gasteiger partial charge in [0.1, 0.15) is 0 Å². The number of rotatable bonds is 6. The summed E-state index contributed by atoms with van der Waals surface area (Å²) in [5.74, 6) is -0.211. The van der Waals surface area contributed by atoms with E-state index in [-0.39, 0.29) is 5.91 Å². The van der Waals surface area contributed by atoms with Crippen LogP contribution in [0.25, 0.3) is 0 Å². The Hall–Kier alpha value is -1.89. The molecule has 1 N–H and O–H groups in total. The highest BCUT2D eigenvalue weighted by Gasteiger charge is 2.03. The molecule has 23 heavy (non-hydrogen) atoms. The molecule has 2 aromatic carbocycles. The lowest BCUT2D eigenvalue weighted by molar-refractivity contribution is 0.0955. The highest BCUT2D eigenvalue weighted by Crippen LogP contribution is 2.14. The number of nitrogens with one attached hydrogen (secondary N) is 1. The van der Waals surface area contributed by atoms with E-state index in [4.69, 9.17) is 0 Å². The summed E-state index contributed by atoms with van der Waals surface area (Å²) in [6.07, 6.45) is 1.65. The molecular weight excluding hydrogens is 401 g/mol. The summed E-state index contributed by atoms with van der Waals surface area (Å²) in [5.41, 5.74) is 5.28. The third kappa shape index (κ3) is 5.06. The van der Waals surface area contributed by atoms with Crippen molar-refractivity contribution in [1.29, 1.82) is 0 Å². The molecule has 0 aromatic heterocycles. The number of halogens is 1. The molecule has 2 aromatic rings. The van der Waals surface area contributed by atoms with Gasteiger partial charge in [0.05, 0.1) is 6.21 Å². The molecular formula is C18H20IN3O. The van der Waals surface area contributed by atoms with Crippen LogP contribution in [0.2, 0.25) is 0 Å². The molecule has 2 rings (SSSR count). The van der Waals surface area contributed by atoms with Crippen molar-refractivity contribution in [2.24, 2.45) is 5.10 Å². The molecule has 0 radical (unpaired) electrons. The van der Waals surface area contributed by atoms with E-state index in [1.165, 1.54) is 5.69 Å². The SMILES string of the molecule is CCN(CC)c1ccc(/C=N\NC(=O)c2ccc(I)cc2)cc1. The summed E-state index contributed by atoms with van der Waals surface area (Å²) >= 11 is 2.20. The Morgan fingerprint density at radius 1 is 1.09 bits per heavy atom. The third-order valence-corrected chi connectivity index (χ3v) is 4.23. The summed E-state index contributed by atoms with van der Waals surface area (Å²) in [6, 6.07) is 15.5. The molecule has 0 aliphatic rings. The zero-order valence-electron chi connectivity index (χ0n) is 13.3. The molecule has 0 fully saturated rings. The monoisotopic (exact) mass is 421 g/mol. The molecule has 0 aliphatic heterocycles. The van der Waals surface area contributed by atoms with Crippen LogP contribution >= 0.6 is 22.6 Å². The second kappa shape index (κ2) is 8.67. The average molecular weight is 421 g/mol. The van der Waals surface area contributed by atoms with Crippen LogP contribution in [-0.4, -0.2) is 25.2 Å². The number of nitrogens with zero attached hydrogens (tertiary/aromatic N) is 2. The predicted molar refractivity (Wildman–Crippen MR) is 104 cm³/mol. The first-order chi connectivity index (χ1) is 11.1. The lowest BCUT2D eigenvalue weighted by Gasteiger charge is -2.20. The maximum Gasteiger partial charge on any atom is 0.271 e. The maximum absolute atomic E-state index is 11.9. The number of benzene rings is 2. The molecule has 0 spiro atoms. The van der Waals surface area contributed by atoms with Crippen LogP contribution in [0, 0.1) is 3.57 Å². The van der Waals surface area contributed by atoms with Crippen LogP contribution in [0.15, 0.2) is 53.6 Å². The molecule has 0 heterocycles. The van der Waals surface area contributed by atoms with Gasteiger partial charge in [-0.15, -0.1) is 0 Å². The molecule has 1 amide bonds. The number of hydrogen-bond donors (Lipinski definition) is 1. The second-order valence-electron chi connectivity index (χ2n) is 4.97. The van der Waals surface area contributed by atoms with Gasteiger partial charge in [0, 0.05) is 27.9 Å². The van der Waals surface area contributed by atoms with E-state index in [2.05, 4.69) is 64.0 Å². The topological polar surface area (TPSA) is 44.7 Å². The van der Waals surface area contributed by atoms with E-state index >= 15 is 0 Å². The smallest absolute Gasteiger partial charge is 0.271 e. The Bertz CT molecular complexity index is 662. The fourth-order valence-electron chi connectivity index (χ4n) is 2.19. The van der Waals surface area contributed by atoms with E-state index in [0.717, 1.165) is 22.2 Å². The number of amides is 1. The highest BCUT2D eigenvalue weighted by atomic mass is 127. The van der Waals surface area contributed by atoms with Gasteiger partial charge in [-0.3, -0.25) is 4.79 Å². The molecule has 0 aliphatic carbocycles. The number of hydrogen-bond acceptors (Lipinski definition) is 3. The largest absolute Gasteiger partial charge is 0.372 e. The van der Waals surface area contributed by atoms with Crippen molar-refractivity contribution < 1.29 is 4.79 Å². The minimum absolute atomic E-state index is 0.211. The van der Waals surface area contributed by atoms with Crippen molar-refractivity contribution in [1.82, 2.24) is 5.43 Å². The van der Waals surface area contributed by atoms with Gasteiger partial charge in [-0.1, -0.05) is 12.1 Å². The zero-order chi connectivity index (χ0) is 16.7. The first kappa shape index (κ1) is 17.5. The average Bonchev–Trinajstić information content (AvgIpc) is 2.58. The first-order valence-electron chi connectivity index (χ1n) is 7.58. The number of hydrazone groups is 1. The zero-order valence-corrected chi connectivity index (χ0v) is 15.4. The van der Waals surface area contributed by atoms with Crippen molar-refractivity contribution in [2.75, 3.05) is 18.0 Å². The van der Waals surface area contributed by atoms with Gasteiger partial charge in [-0.25, -0.2) is 5.43 Å². The molecule has 0 unspecified atom stereocenters. The van der Waals surface area contributed by atoms with Crippen molar-refractivity contribution in [2.45, 2.75) is 13.8 Å². The van der Waals surface area contributed by atoms with E-state index in [0.29, 0.717) is 5.56 Å². The Morgan fingerprint density at radius 2 is 1.70 bits per heavy atom. The Morgan fingerprint density at radius 3 is 2.26 bits per heavy atom. The van der Waals surface area contributed by atoms with E-state index in [9.17, 15) is 4.79 Å². The van der Waals surface area contributed by atoms with Gasteiger partial charge in [0.25, 0.3) is 5.91 Å². The van der Waals surface area contributed by atoms with E-state index < -0.39 is 0 Å². The molecule has 4 nitrogen and oxygen atoms in total. The predicted octanol–water partition coefficient (Wildman–Crippen LogP) is 3.90. The van der Waals surface area contributed by atoms with Crippen LogP contribution in [0.4, 0.5) is 5.69 Å². The van der Waals surface area contributed by atoms with Crippen LogP contribution in [-0.2, 0) is 0 Å². The van der Waals surface area contributed by atoms with Crippen LogP contribution in [0.5, 0.6) is 0 Å². The Kier molecular flexibility index (Phi) is 6.58. The summed E-state index contributed by atoms with van der Waals surface area (Å²) in [5, 5.41) is 4.02. The minimum atomic E-state index is -0.211. The number of carbonyl (C=O) groups excluding carboxylic acids is 1. The minimum Gasteiger partial charge on any atom is -0.372 e. The number of anilines is 1. The van der Waals surface area contributed by atoms with Gasteiger partial charge < -0.3 is 4.90 Å². The van der Waals surface area contributed by atoms with Gasteiger partial charge >= 0.3 is 0 Å². The van der Waals surface area contributed by atoms with Crippen LogP contribution in [0.1, 0.15) is 29.8 Å². The van der Waals surface area contributed by atoms with Crippen molar-refractivity contribution >= 4 is 40.4 Å². The second-order valence-corrected chi connectivity index (χ2v) is 6.22. The molecule has 0 saturated carbocycles. The van der Waals surface area contributed by atoms with Gasteiger partial charge in [0.15, 0.2) is 0 Å². The fourth-order valence-corrected chi connectivity index (χ4v) is 2.55. The Labute approximate surface area is 150 Å². The lowest BCUT2D eigenvalue weighted by atomic mass is 10.2. The molecule has 120 valence electrons. The number of carbonyl (C=O) groups is 1. The molecule has 5 heteroatoms. The normalized spacial score (nSPS) is 10.7. The maximum atomic E-state index is 11.9. The highest BCUT2D eigenvalue weighted by molar-refractivity contribution is 14.1.